The molecule has 1 aliphatic rings. The molecule has 1 fully saturated rings. The van der Waals surface area contributed by atoms with Crippen molar-refractivity contribution < 1.29 is 21.9 Å². The number of pyridine rings is 1. The molecular formula is C21H23F2N3O3S. The topological polar surface area (TPSA) is 63.9 Å². The average Bonchev–Trinajstić information content (AvgIpc) is 2.97. The highest BCUT2D eigenvalue weighted by atomic mass is 32.2. The van der Waals surface area contributed by atoms with E-state index in [1.54, 1.807) is 0 Å². The Kier molecular flexibility index (Phi) is 5.37. The molecule has 0 bridgehead atoms. The molecule has 4 rings (SSSR count). The number of benzene rings is 1. The summed E-state index contributed by atoms with van der Waals surface area (Å²) >= 11 is 0. The highest BCUT2D eigenvalue weighted by Crippen LogP contribution is 2.32. The molecule has 0 spiro atoms. The fourth-order valence-corrected chi connectivity index (χ4v) is 4.42. The van der Waals surface area contributed by atoms with E-state index in [-0.39, 0.29) is 17.4 Å². The number of imidazole rings is 1. The zero-order chi connectivity index (χ0) is 21.6. The van der Waals surface area contributed by atoms with Gasteiger partial charge in [0.15, 0.2) is 9.84 Å². The molecule has 6 nitrogen and oxygen atoms in total. The Hall–Kier alpha value is -2.36. The number of sulfone groups is 1. The molecule has 3 aromatic rings. The molecule has 0 N–H and O–H groups in total. The van der Waals surface area contributed by atoms with Crippen molar-refractivity contribution in [3.63, 3.8) is 0 Å². The molecule has 1 aliphatic heterocycles. The van der Waals surface area contributed by atoms with E-state index in [0.29, 0.717) is 30.9 Å². The van der Waals surface area contributed by atoms with Crippen LogP contribution in [0.15, 0.2) is 35.4 Å². The maximum absolute atomic E-state index is 15.0. The number of hydrogen-bond donors (Lipinski definition) is 0. The van der Waals surface area contributed by atoms with Crippen LogP contribution in [0.1, 0.15) is 11.3 Å². The number of ether oxygens (including phenoxy) is 1. The summed E-state index contributed by atoms with van der Waals surface area (Å²) in [7, 11) is -1.75. The molecule has 9 heteroatoms. The van der Waals surface area contributed by atoms with E-state index < -0.39 is 26.4 Å². The second-order valence-electron chi connectivity index (χ2n) is 7.83. The predicted molar refractivity (Wildman–Crippen MR) is 109 cm³/mol. The molecule has 1 saturated heterocycles. The van der Waals surface area contributed by atoms with E-state index in [2.05, 4.69) is 9.88 Å². The number of morpholine rings is 1. The lowest BCUT2D eigenvalue weighted by atomic mass is 10.0. The number of likely N-dealkylation sites (N-methyl/N-ethyl adjacent to an activating group) is 1. The highest BCUT2D eigenvalue weighted by Gasteiger charge is 2.27. The third-order valence-corrected chi connectivity index (χ3v) is 6.42. The molecule has 0 saturated carbocycles. The quantitative estimate of drug-likeness (QED) is 0.631. The van der Waals surface area contributed by atoms with Gasteiger partial charge in [-0.25, -0.2) is 22.2 Å². The summed E-state index contributed by atoms with van der Waals surface area (Å²) in [6, 6.07) is 5.42. The Labute approximate surface area is 174 Å². The van der Waals surface area contributed by atoms with Crippen LogP contribution in [0.3, 0.4) is 0 Å². The van der Waals surface area contributed by atoms with E-state index in [9.17, 15) is 17.2 Å². The highest BCUT2D eigenvalue weighted by molar-refractivity contribution is 7.90. The number of hydrogen-bond acceptors (Lipinski definition) is 5. The van der Waals surface area contributed by atoms with Crippen LogP contribution in [0.4, 0.5) is 8.78 Å². The average molecular weight is 435 g/mol. The first kappa shape index (κ1) is 20.9. The van der Waals surface area contributed by atoms with Crippen LogP contribution >= 0.6 is 0 Å². The van der Waals surface area contributed by atoms with Gasteiger partial charge in [0.05, 0.1) is 34.6 Å². The summed E-state index contributed by atoms with van der Waals surface area (Å²) in [5.74, 6) is -1.92. The lowest BCUT2D eigenvalue weighted by Gasteiger charge is -2.30. The number of aryl methyl sites for hydroxylation is 1. The van der Waals surface area contributed by atoms with E-state index in [1.165, 1.54) is 0 Å². The normalized spacial score (nSPS) is 18.2. The monoisotopic (exact) mass is 435 g/mol. The van der Waals surface area contributed by atoms with Crippen molar-refractivity contribution in [1.29, 1.82) is 0 Å². The maximum Gasteiger partial charge on any atom is 0.175 e. The van der Waals surface area contributed by atoms with Crippen LogP contribution in [-0.2, 0) is 21.0 Å². The fourth-order valence-electron chi connectivity index (χ4n) is 3.79. The standard InChI is InChI=1S/C21H23F2N3O3S/c1-13-4-5-26-18(9-14-12-25(2)6-7-29-14)21(24-19(26)8-13)20-16(22)10-15(11-17(20)23)30(3,27)28/h4-5,8,10-11,14H,6-7,9,12H2,1-3H3. The van der Waals surface area contributed by atoms with Crippen molar-refractivity contribution in [2.24, 2.45) is 0 Å². The fraction of sp³-hybridized carbons (Fsp3) is 0.381. The van der Waals surface area contributed by atoms with Gasteiger partial charge in [-0.2, -0.15) is 0 Å². The molecule has 0 amide bonds. The van der Waals surface area contributed by atoms with Gasteiger partial charge in [-0.05, 0) is 43.8 Å². The third kappa shape index (κ3) is 3.97. The van der Waals surface area contributed by atoms with E-state index in [0.717, 1.165) is 30.5 Å². The summed E-state index contributed by atoms with van der Waals surface area (Å²) in [4.78, 5) is 6.25. The van der Waals surface area contributed by atoms with Crippen LogP contribution in [0.2, 0.25) is 0 Å². The van der Waals surface area contributed by atoms with Gasteiger partial charge in [-0.1, -0.05) is 0 Å². The minimum atomic E-state index is -3.75. The van der Waals surface area contributed by atoms with Crippen molar-refractivity contribution >= 4 is 15.5 Å². The first-order valence-electron chi connectivity index (χ1n) is 9.60. The number of rotatable bonds is 4. The lowest BCUT2D eigenvalue weighted by molar-refractivity contribution is -0.0190. The number of fused-ring (bicyclic) bond motifs is 1. The third-order valence-electron chi connectivity index (χ3n) is 5.32. The van der Waals surface area contributed by atoms with Crippen molar-refractivity contribution in [3.05, 3.63) is 53.4 Å². The zero-order valence-corrected chi connectivity index (χ0v) is 17.8. The largest absolute Gasteiger partial charge is 0.375 e. The van der Waals surface area contributed by atoms with Crippen molar-refractivity contribution in [2.75, 3.05) is 33.0 Å². The first-order valence-corrected chi connectivity index (χ1v) is 11.5. The van der Waals surface area contributed by atoms with Crippen LogP contribution < -0.4 is 0 Å². The van der Waals surface area contributed by atoms with Gasteiger partial charge >= 0.3 is 0 Å². The molecule has 0 aliphatic carbocycles. The number of halogens is 2. The molecule has 1 aromatic carbocycles. The minimum Gasteiger partial charge on any atom is -0.375 e. The summed E-state index contributed by atoms with van der Waals surface area (Å²) < 4.78 is 61.1. The van der Waals surface area contributed by atoms with Gasteiger partial charge in [-0.3, -0.25) is 0 Å². The maximum atomic E-state index is 15.0. The van der Waals surface area contributed by atoms with E-state index in [4.69, 9.17) is 4.74 Å². The molecule has 160 valence electrons. The van der Waals surface area contributed by atoms with Crippen LogP contribution in [0.25, 0.3) is 16.9 Å². The number of aromatic nitrogens is 2. The van der Waals surface area contributed by atoms with Gasteiger partial charge in [0, 0.05) is 32.0 Å². The van der Waals surface area contributed by atoms with Gasteiger partial charge in [0.25, 0.3) is 0 Å². The van der Waals surface area contributed by atoms with Gasteiger partial charge in [0.2, 0.25) is 0 Å². The molecule has 1 unspecified atom stereocenters. The first-order chi connectivity index (χ1) is 14.1. The molecule has 30 heavy (non-hydrogen) atoms. The van der Waals surface area contributed by atoms with Crippen molar-refractivity contribution in [1.82, 2.24) is 14.3 Å². The van der Waals surface area contributed by atoms with Gasteiger partial charge in [-0.15, -0.1) is 0 Å². The minimum absolute atomic E-state index is 0.148. The Morgan fingerprint density at radius 1 is 1.23 bits per heavy atom. The summed E-state index contributed by atoms with van der Waals surface area (Å²) in [6.07, 6.45) is 3.00. The molecule has 0 radical (unpaired) electrons. The van der Waals surface area contributed by atoms with Crippen molar-refractivity contribution in [3.8, 4) is 11.3 Å². The zero-order valence-electron chi connectivity index (χ0n) is 17.0. The SMILES string of the molecule is Cc1ccn2c(CC3CN(C)CCO3)c(-c3c(F)cc(S(C)(=O)=O)cc3F)nc2c1. The van der Waals surface area contributed by atoms with E-state index >= 15 is 0 Å². The molecular weight excluding hydrogens is 412 g/mol. The van der Waals surface area contributed by atoms with Crippen LogP contribution in [-0.4, -0.2) is 61.8 Å². The Balaban J connectivity index is 1.88. The van der Waals surface area contributed by atoms with Gasteiger partial charge < -0.3 is 14.0 Å². The molecule has 2 aromatic heterocycles. The Bertz CT molecular complexity index is 1200. The second kappa shape index (κ2) is 7.72. The predicted octanol–water partition coefficient (Wildman–Crippen LogP) is 2.86. The number of nitrogens with zero attached hydrogens (tertiary/aromatic N) is 3. The second-order valence-corrected chi connectivity index (χ2v) is 9.85. The summed E-state index contributed by atoms with van der Waals surface area (Å²) in [5.41, 5.74) is 1.98. The summed E-state index contributed by atoms with van der Waals surface area (Å²) in [5, 5.41) is 0. The van der Waals surface area contributed by atoms with Crippen molar-refractivity contribution in [2.45, 2.75) is 24.3 Å². The van der Waals surface area contributed by atoms with Gasteiger partial charge in [0.1, 0.15) is 17.3 Å². The van der Waals surface area contributed by atoms with Crippen LogP contribution in [0, 0.1) is 18.6 Å². The van der Waals surface area contributed by atoms with Crippen LogP contribution in [0.5, 0.6) is 0 Å². The Morgan fingerprint density at radius 3 is 2.57 bits per heavy atom. The van der Waals surface area contributed by atoms with E-state index in [1.807, 2.05) is 36.7 Å². The summed E-state index contributed by atoms with van der Waals surface area (Å²) in [6.45, 7) is 4.01. The molecule has 1 atom stereocenters. The smallest absolute Gasteiger partial charge is 0.175 e. The lowest BCUT2D eigenvalue weighted by Crippen LogP contribution is -2.41. The Morgan fingerprint density at radius 2 is 1.93 bits per heavy atom. The molecule has 3 heterocycles.